The Kier molecular flexibility index (Phi) is 15.5. The SMILES string of the molecule is Nc1nccc2c(-c3cc(-c4ccccc4F)nc4[nH+]cccc34)nccc12.Nc1nccc2c(-c3cc(-c4ccccc4F)nc4ncccc34)nccc12.O=C(O)/C=C\C(=O)O.O=C([O-])/C=C\C(=O)O. The lowest BCUT2D eigenvalue weighted by Crippen LogP contribution is -2.19. The van der Waals surface area contributed by atoms with Gasteiger partial charge in [-0.1, -0.05) is 24.3 Å². The maximum Gasteiger partial charge on any atom is 0.329 e. The van der Waals surface area contributed by atoms with Gasteiger partial charge in [0.1, 0.15) is 23.3 Å². The fourth-order valence-corrected chi connectivity index (χ4v) is 7.13. The van der Waals surface area contributed by atoms with Crippen LogP contribution in [-0.4, -0.2) is 74.1 Å². The van der Waals surface area contributed by atoms with E-state index in [9.17, 15) is 33.1 Å². The molecule has 20 heteroatoms. The first kappa shape index (κ1) is 49.4. The van der Waals surface area contributed by atoms with Crippen LogP contribution in [0.3, 0.4) is 0 Å². The summed E-state index contributed by atoms with van der Waals surface area (Å²) >= 11 is 0. The van der Waals surface area contributed by atoms with Gasteiger partial charge in [0.2, 0.25) is 0 Å². The zero-order chi connectivity index (χ0) is 51.3. The minimum absolute atomic E-state index is 0.324. The Morgan fingerprint density at radius 1 is 0.486 bits per heavy atom. The third-order valence-corrected chi connectivity index (χ3v) is 10.2. The van der Waals surface area contributed by atoms with E-state index in [1.54, 1.807) is 73.6 Å². The normalized spacial score (nSPS) is 10.8. The molecule has 10 aromatic rings. The number of hydrogen-bond donors (Lipinski definition) is 5. The Morgan fingerprint density at radius 2 is 0.944 bits per heavy atom. The number of hydrogen-bond acceptors (Lipinski definition) is 14. The van der Waals surface area contributed by atoms with Crippen molar-refractivity contribution in [2.24, 2.45) is 0 Å². The van der Waals surface area contributed by atoms with Gasteiger partial charge in [-0.05, 0) is 89.9 Å². The highest BCUT2D eigenvalue weighted by Crippen LogP contribution is 2.37. The molecule has 18 nitrogen and oxygen atoms in total. The van der Waals surface area contributed by atoms with Gasteiger partial charge in [0.25, 0.3) is 0 Å². The van der Waals surface area contributed by atoms with Crippen molar-refractivity contribution in [3.05, 3.63) is 182 Å². The fraction of sp³-hybridized carbons (Fsp3) is 0. The van der Waals surface area contributed by atoms with Crippen LogP contribution >= 0.6 is 0 Å². The molecule has 0 aliphatic carbocycles. The molecule has 0 fully saturated rings. The van der Waals surface area contributed by atoms with Crippen LogP contribution < -0.4 is 21.6 Å². The van der Waals surface area contributed by atoms with Gasteiger partial charge < -0.3 is 36.7 Å². The van der Waals surface area contributed by atoms with Crippen molar-refractivity contribution in [2.45, 2.75) is 0 Å². The number of carboxylic acid groups (broad SMARTS) is 4. The van der Waals surface area contributed by atoms with E-state index >= 15 is 0 Å². The van der Waals surface area contributed by atoms with Crippen LogP contribution in [0.2, 0.25) is 0 Å². The van der Waals surface area contributed by atoms with Gasteiger partial charge in [-0.15, -0.1) is 0 Å². The largest absolute Gasteiger partial charge is 0.545 e. The third kappa shape index (κ3) is 11.8. The molecule has 356 valence electrons. The first-order valence-electron chi connectivity index (χ1n) is 21.0. The number of rotatable bonds is 8. The molecule has 0 saturated heterocycles. The van der Waals surface area contributed by atoms with E-state index < -0.39 is 23.9 Å². The molecule has 0 aliphatic heterocycles. The molecule has 8 aromatic heterocycles. The number of benzene rings is 2. The van der Waals surface area contributed by atoms with E-state index in [0.717, 1.165) is 54.8 Å². The minimum atomic E-state index is -1.51. The van der Waals surface area contributed by atoms with Crippen molar-refractivity contribution in [1.82, 2.24) is 34.9 Å². The fourth-order valence-electron chi connectivity index (χ4n) is 7.13. The van der Waals surface area contributed by atoms with Gasteiger partial charge in [-0.3, -0.25) is 9.97 Å². The lowest BCUT2D eigenvalue weighted by atomic mass is 9.99. The number of nitrogen functional groups attached to an aromatic ring is 2. The van der Waals surface area contributed by atoms with Crippen LogP contribution in [0.25, 0.3) is 88.6 Å². The van der Waals surface area contributed by atoms with Crippen molar-refractivity contribution in [2.75, 3.05) is 11.5 Å². The molecule has 0 unspecified atom stereocenters. The molecule has 10 rings (SSSR count). The first-order chi connectivity index (χ1) is 34.7. The van der Waals surface area contributed by atoms with Crippen LogP contribution in [0, 0.1) is 11.6 Å². The summed E-state index contributed by atoms with van der Waals surface area (Å²) in [5.41, 5.74) is 18.3. The molecule has 0 spiro atoms. The quantitative estimate of drug-likeness (QED) is 0.0982. The number of nitrogens with zero attached hydrogens (tertiary/aromatic N) is 7. The topological polar surface area (TPSA) is 308 Å². The number of aliphatic carboxylic acids is 4. The highest BCUT2D eigenvalue weighted by atomic mass is 19.1. The number of H-pyrrole nitrogens is 1. The summed E-state index contributed by atoms with van der Waals surface area (Å²) < 4.78 is 28.8. The van der Waals surface area contributed by atoms with E-state index in [-0.39, 0.29) is 11.6 Å². The van der Waals surface area contributed by atoms with E-state index in [2.05, 4.69) is 39.9 Å². The Morgan fingerprint density at radius 3 is 1.44 bits per heavy atom. The molecule has 0 amide bonds. The van der Waals surface area contributed by atoms with Crippen LogP contribution in [0.15, 0.2) is 171 Å². The Hall–Kier alpha value is -10.5. The molecule has 0 atom stereocenters. The molecule has 72 heavy (non-hydrogen) atoms. The average Bonchev–Trinajstić information content (AvgIpc) is 3.38. The maximum absolute atomic E-state index is 14.4. The number of pyridine rings is 8. The minimum Gasteiger partial charge on any atom is -0.545 e. The van der Waals surface area contributed by atoms with Gasteiger partial charge in [0.15, 0.2) is 11.3 Å². The molecular formula is C52H36F2N10O8. The molecule has 8 heterocycles. The summed E-state index contributed by atoms with van der Waals surface area (Å²) in [4.78, 5) is 72.3. The van der Waals surface area contributed by atoms with Crippen molar-refractivity contribution in [1.29, 1.82) is 0 Å². The number of carboxylic acids is 4. The van der Waals surface area contributed by atoms with Gasteiger partial charge in [-0.25, -0.2) is 48.1 Å². The summed E-state index contributed by atoms with van der Waals surface area (Å²) in [6.45, 7) is 0. The van der Waals surface area contributed by atoms with Gasteiger partial charge in [0.05, 0.1) is 40.2 Å². The van der Waals surface area contributed by atoms with Crippen LogP contribution in [-0.2, 0) is 19.2 Å². The highest BCUT2D eigenvalue weighted by molar-refractivity contribution is 6.06. The van der Waals surface area contributed by atoms with Gasteiger partial charge in [0, 0.05) is 98.9 Å². The van der Waals surface area contributed by atoms with E-state index in [4.69, 9.17) is 26.8 Å². The number of carbonyl (C=O) groups excluding carboxylic acids is 1. The van der Waals surface area contributed by atoms with Gasteiger partial charge in [-0.2, -0.15) is 0 Å². The standard InChI is InChI=1S/2C22H14FN5.2C4H4O4/c2*23-18-6-2-1-4-16(18)19-12-17(15-5-3-9-27-22(15)28-19)20-13-7-11-26-21(24)14(13)8-10-25-20;2*5-3(6)1-2-4(7)8/h2*1-12H,(H2,24,26);2*1-2H,(H,5,6)(H,7,8)/b;;2*2-1-. The van der Waals surface area contributed by atoms with Crippen LogP contribution in [0.5, 0.6) is 0 Å². The summed E-state index contributed by atoms with van der Waals surface area (Å²) in [6, 6.07) is 31.9. The van der Waals surface area contributed by atoms with Crippen molar-refractivity contribution in [3.63, 3.8) is 0 Å². The Bertz CT molecular complexity index is 3490. The predicted molar refractivity (Wildman–Crippen MR) is 261 cm³/mol. The number of anilines is 2. The van der Waals surface area contributed by atoms with Crippen LogP contribution in [0.4, 0.5) is 20.4 Å². The Labute approximate surface area is 405 Å². The number of halogens is 2. The third-order valence-electron chi connectivity index (χ3n) is 10.2. The second kappa shape index (κ2) is 22.5. The summed E-state index contributed by atoms with van der Waals surface area (Å²) in [7, 11) is 0. The number of carbonyl (C=O) groups is 4. The zero-order valence-electron chi connectivity index (χ0n) is 37.1. The summed E-state index contributed by atoms with van der Waals surface area (Å²) in [6.07, 6.45) is 12.2. The van der Waals surface area contributed by atoms with Crippen LogP contribution in [0.1, 0.15) is 0 Å². The van der Waals surface area contributed by atoms with Crippen molar-refractivity contribution < 1.29 is 53.4 Å². The second-order valence-electron chi connectivity index (χ2n) is 14.8. The van der Waals surface area contributed by atoms with E-state index in [0.29, 0.717) is 69.7 Å². The second-order valence-corrected chi connectivity index (χ2v) is 14.8. The number of aromatic amines is 1. The maximum atomic E-state index is 14.4. The number of aromatic nitrogens is 8. The smallest absolute Gasteiger partial charge is 0.329 e. The van der Waals surface area contributed by atoms with Crippen molar-refractivity contribution >= 4 is 79.1 Å². The summed E-state index contributed by atoms with van der Waals surface area (Å²) in [5, 5.41) is 38.0. The average molecular weight is 967 g/mol. The van der Waals surface area contributed by atoms with E-state index in [1.807, 2.05) is 60.7 Å². The molecule has 8 N–H and O–H groups in total. The molecule has 0 radical (unpaired) electrons. The Balaban J connectivity index is 0.000000163. The molecular weight excluding hydrogens is 931 g/mol. The molecule has 0 bridgehead atoms. The number of nitrogens with one attached hydrogen (secondary N) is 1. The van der Waals surface area contributed by atoms with Crippen molar-refractivity contribution in [3.8, 4) is 45.0 Å². The first-order valence-corrected chi connectivity index (χ1v) is 21.0. The lowest BCUT2D eigenvalue weighted by Gasteiger charge is -2.12. The predicted octanol–water partition coefficient (Wildman–Crippen LogP) is 6.76. The molecule has 2 aromatic carbocycles. The van der Waals surface area contributed by atoms with Gasteiger partial charge >= 0.3 is 23.6 Å². The molecule has 0 aliphatic rings. The number of fused-ring (bicyclic) bond motifs is 4. The molecule has 0 saturated carbocycles. The van der Waals surface area contributed by atoms with E-state index in [1.165, 1.54) is 12.1 Å². The highest BCUT2D eigenvalue weighted by Gasteiger charge is 2.21. The lowest BCUT2D eigenvalue weighted by molar-refractivity contribution is -0.347. The monoisotopic (exact) mass is 966 g/mol. The number of nitrogens with two attached hydrogens (primary N) is 2. The zero-order valence-corrected chi connectivity index (χ0v) is 37.1. The summed E-state index contributed by atoms with van der Waals surface area (Å²) in [5.74, 6) is -5.10.